The van der Waals surface area contributed by atoms with Gasteiger partial charge in [-0.15, -0.1) is 0 Å². The summed E-state index contributed by atoms with van der Waals surface area (Å²) in [6.07, 6.45) is 4.13. The summed E-state index contributed by atoms with van der Waals surface area (Å²) in [6, 6.07) is 13.8. The number of ketones is 1. The van der Waals surface area contributed by atoms with Gasteiger partial charge in [0.1, 0.15) is 29.3 Å². The first-order valence-corrected chi connectivity index (χ1v) is 45.8. The van der Waals surface area contributed by atoms with E-state index in [4.69, 9.17) is 48.7 Å². The number of likely N-dealkylation sites (tertiary alicyclic amines) is 2. The van der Waals surface area contributed by atoms with E-state index in [1.165, 1.54) is 28.4 Å². The Morgan fingerprint density at radius 1 is 0.488 bits per heavy atom. The van der Waals surface area contributed by atoms with Gasteiger partial charge in [0.15, 0.2) is 5.78 Å². The number of esters is 4. The van der Waals surface area contributed by atoms with E-state index >= 15 is 0 Å². The lowest BCUT2D eigenvalue weighted by Crippen LogP contribution is -2.56. The predicted molar refractivity (Wildman–Crippen MR) is 492 cm³/mol. The Kier molecular flexibility index (Phi) is 51.2. The van der Waals surface area contributed by atoms with Gasteiger partial charge in [-0.2, -0.15) is 0 Å². The number of likely N-dealkylation sites (N-methyl/N-ethyl adjacent to an activating group) is 4. The van der Waals surface area contributed by atoms with Crippen LogP contribution in [0.15, 0.2) is 60.7 Å². The molecule has 724 valence electrons. The van der Waals surface area contributed by atoms with Crippen LogP contribution in [-0.4, -0.2) is 293 Å². The number of rotatable bonds is 50. The first-order valence-electron chi connectivity index (χ1n) is 45.8. The number of nitrogens with two attached hydrogens (primary N) is 1. The zero-order valence-electron chi connectivity index (χ0n) is 82.8. The summed E-state index contributed by atoms with van der Waals surface area (Å²) in [7, 11) is 15.9. The molecule has 2 aromatic rings. The summed E-state index contributed by atoms with van der Waals surface area (Å²) in [5.41, 5.74) is 6.94. The molecule has 127 heavy (non-hydrogen) atoms. The van der Waals surface area contributed by atoms with Crippen LogP contribution in [0.3, 0.4) is 0 Å². The van der Waals surface area contributed by atoms with Crippen molar-refractivity contribution in [1.82, 2.24) is 40.0 Å². The number of hydrogen-bond donors (Lipinski definition) is 4. The minimum absolute atomic E-state index is 0.00703. The highest BCUT2D eigenvalue weighted by Gasteiger charge is 2.47. The average molecular weight is 1790 g/mol. The second-order valence-electron chi connectivity index (χ2n) is 38.1. The van der Waals surface area contributed by atoms with E-state index in [9.17, 15) is 57.5 Å². The molecule has 0 bridgehead atoms. The number of Topliss-reactive ketones (excluding diaryl/α,β-unsaturated/α-hetero) is 1. The third-order valence-corrected chi connectivity index (χ3v) is 24.7. The van der Waals surface area contributed by atoms with E-state index in [1.807, 2.05) is 197 Å². The molecule has 30 heteroatoms. The van der Waals surface area contributed by atoms with Gasteiger partial charge in [-0.05, 0) is 154 Å². The van der Waals surface area contributed by atoms with Crippen LogP contribution >= 0.6 is 0 Å². The fraction of sp³-hybridized carbons (Fsp3) is 0.753. The maximum atomic E-state index is 14.6. The molecule has 2 saturated heterocycles. The van der Waals surface area contributed by atoms with E-state index in [2.05, 4.69) is 10.6 Å². The Balaban J connectivity index is 0.000000737. The number of aliphatic carboxylic acids is 1. The molecule has 0 unspecified atom stereocenters. The van der Waals surface area contributed by atoms with Crippen molar-refractivity contribution in [3.8, 4) is 0 Å². The van der Waals surface area contributed by atoms with E-state index in [1.54, 1.807) is 73.7 Å². The number of benzene rings is 2. The maximum Gasteiger partial charge on any atom is 0.328 e. The standard InChI is InChI=1S/C49H82N4O10.C34H56N4O7.C14H27NO4/c1-16-33(6)44(52(12)47(58)36(31(2)3)29-39(54)43(32(4)5)51(11)26-21-25-42(56)63-49(8,9)10)40(60-13)30-41(55)53-27-20-24-38(53)45(61-14)34(7)46(57)50-37(48(59)62-15)28-35-22-18-17-19-23-35;1-10-22(4)30(37(6)33(41)29(35)21(2)3)27(43-7)20-28(39)38-18-14-17-26(38)31(44-8)23(5)32(40)36-25(34(42)45-9)19-24-15-12-11-13-16-24;1-10(2)12(13(17)18)15(6)9-7-8-11(16)19-14(3,4)5/h17-19,22-23,31-34,36-38,40,43-45H,16,20-21,24-30H2,1-15H3,(H,50,57);11-13,15-16,21-23,25-27,29-31H,10,14,17-20,35H2,1-9H3,(H,36,40);10,12H,7-9H2,1-6H3,(H,17,18)/t33-,34+,36-,37-,38-,40+,43-,44-,45+;22-,23+,25-,26-,27+,29-,30-,31+;12-/m000/s1. The fourth-order valence-corrected chi connectivity index (χ4v) is 17.4. The number of carbonyl (C=O) groups excluding carboxylic acids is 11. The summed E-state index contributed by atoms with van der Waals surface area (Å²) >= 11 is 0. The first kappa shape index (κ1) is 115. The molecule has 30 nitrogen and oxygen atoms in total. The van der Waals surface area contributed by atoms with Gasteiger partial charge >= 0.3 is 29.8 Å². The molecule has 0 saturated carbocycles. The molecule has 2 aromatic carbocycles. The molecular weight excluding hydrogens is 1630 g/mol. The Bertz CT molecular complexity index is 3690. The number of nitrogens with zero attached hydrogens (tertiary/aromatic N) is 6. The van der Waals surface area contributed by atoms with Crippen molar-refractivity contribution in [1.29, 1.82) is 0 Å². The Morgan fingerprint density at radius 3 is 1.14 bits per heavy atom. The van der Waals surface area contributed by atoms with Crippen LogP contribution in [-0.2, 0) is 108 Å². The molecule has 2 heterocycles. The van der Waals surface area contributed by atoms with Gasteiger partial charge in [-0.1, -0.05) is 170 Å². The van der Waals surface area contributed by atoms with Gasteiger partial charge in [0, 0.05) is 93.6 Å². The highest BCUT2D eigenvalue weighted by atomic mass is 16.6. The third-order valence-electron chi connectivity index (χ3n) is 24.7. The van der Waals surface area contributed by atoms with E-state index < -0.39 is 114 Å². The van der Waals surface area contributed by atoms with Gasteiger partial charge in [0.05, 0.1) is 99.6 Å². The van der Waals surface area contributed by atoms with E-state index in [-0.39, 0.29) is 139 Å². The molecule has 0 aliphatic carbocycles. The van der Waals surface area contributed by atoms with Crippen LogP contribution in [0.5, 0.6) is 0 Å². The monoisotopic (exact) mass is 1790 g/mol. The lowest BCUT2D eigenvalue weighted by atomic mass is 9.83. The minimum atomic E-state index is -0.903. The summed E-state index contributed by atoms with van der Waals surface area (Å²) < 4.78 is 44.4. The second kappa shape index (κ2) is 56.6. The molecule has 2 aliphatic heterocycles. The zero-order valence-corrected chi connectivity index (χ0v) is 82.8. The number of carbonyl (C=O) groups is 12. The van der Waals surface area contributed by atoms with Gasteiger partial charge in [-0.25, -0.2) is 9.59 Å². The average Bonchev–Trinajstić information content (AvgIpc) is 1.78. The number of amides is 6. The quantitative estimate of drug-likeness (QED) is 0.0353. The van der Waals surface area contributed by atoms with E-state index in [0.717, 1.165) is 24.0 Å². The lowest BCUT2D eigenvalue weighted by molar-refractivity contribution is -0.156. The van der Waals surface area contributed by atoms with Gasteiger partial charge in [0.2, 0.25) is 35.4 Å². The molecule has 2 aliphatic rings. The number of ether oxygens (including phenoxy) is 8. The topological polar surface area (TPSA) is 368 Å². The first-order chi connectivity index (χ1) is 59.4. The fourth-order valence-electron chi connectivity index (χ4n) is 17.4. The molecule has 0 aromatic heterocycles. The van der Waals surface area contributed by atoms with Crippen LogP contribution in [0.1, 0.15) is 233 Å². The predicted octanol–water partition coefficient (Wildman–Crippen LogP) is 11.1. The number of carboxylic acids is 1. The van der Waals surface area contributed by atoms with Gasteiger partial charge in [-0.3, -0.25) is 57.7 Å². The smallest absolute Gasteiger partial charge is 0.328 e. The second-order valence-corrected chi connectivity index (χ2v) is 38.1. The molecule has 6 amide bonds. The van der Waals surface area contributed by atoms with Crippen molar-refractivity contribution in [2.24, 2.45) is 59.0 Å². The number of carboxylic acid groups (broad SMARTS) is 1. The molecule has 2 fully saturated rings. The van der Waals surface area contributed by atoms with Crippen LogP contribution in [0.2, 0.25) is 0 Å². The highest BCUT2D eigenvalue weighted by Crippen LogP contribution is 2.34. The van der Waals surface area contributed by atoms with Crippen LogP contribution in [0, 0.1) is 53.3 Å². The van der Waals surface area contributed by atoms with Crippen molar-refractivity contribution >= 4 is 71.1 Å². The molecular formula is C97H165N9O21. The molecule has 0 radical (unpaired) electrons. The molecule has 5 N–H and O–H groups in total. The summed E-state index contributed by atoms with van der Waals surface area (Å²) in [5, 5.41) is 14.9. The molecule has 0 spiro atoms. The Hall–Kier alpha value is -8.00. The van der Waals surface area contributed by atoms with Crippen molar-refractivity contribution in [2.45, 2.75) is 325 Å². The van der Waals surface area contributed by atoms with Gasteiger partial charge in [0.25, 0.3) is 0 Å². The van der Waals surface area contributed by atoms with Crippen molar-refractivity contribution in [2.75, 3.05) is 97.0 Å². The highest BCUT2D eigenvalue weighted by molar-refractivity contribution is 5.91. The molecule has 4 rings (SSSR count). The summed E-state index contributed by atoms with van der Waals surface area (Å²) in [6.45, 7) is 40.2. The number of nitrogens with one attached hydrogen (secondary N) is 2. The van der Waals surface area contributed by atoms with Crippen LogP contribution < -0.4 is 16.4 Å². The van der Waals surface area contributed by atoms with Crippen LogP contribution in [0.4, 0.5) is 0 Å². The zero-order chi connectivity index (χ0) is 96.8. The van der Waals surface area contributed by atoms with Crippen molar-refractivity contribution < 1.29 is 101 Å². The summed E-state index contributed by atoms with van der Waals surface area (Å²) in [4.78, 5) is 168. The minimum Gasteiger partial charge on any atom is -0.480 e. The van der Waals surface area contributed by atoms with E-state index in [0.29, 0.717) is 71.1 Å². The number of methoxy groups -OCH3 is 6. The lowest BCUT2D eigenvalue weighted by Gasteiger charge is -2.41. The Labute approximate surface area is 760 Å². The maximum absolute atomic E-state index is 14.6. The van der Waals surface area contributed by atoms with Crippen molar-refractivity contribution in [3.05, 3.63) is 71.8 Å². The third kappa shape index (κ3) is 37.4. The Morgan fingerprint density at radius 2 is 0.843 bits per heavy atom. The van der Waals surface area contributed by atoms with Crippen LogP contribution in [0.25, 0.3) is 0 Å². The normalized spacial score (nSPS) is 18.1. The summed E-state index contributed by atoms with van der Waals surface area (Å²) in [5.74, 6) is -6.02. The van der Waals surface area contributed by atoms with Crippen molar-refractivity contribution in [3.63, 3.8) is 0 Å². The number of hydrogen-bond acceptors (Lipinski definition) is 23. The molecule has 18 atom stereocenters. The van der Waals surface area contributed by atoms with Gasteiger partial charge < -0.3 is 79.0 Å². The largest absolute Gasteiger partial charge is 0.480 e. The SMILES string of the molecule is CC(C)[C@@H](C(=O)O)N(C)CCCC(=O)OC(C)(C)C.CC[C@H](C)[C@@H]([C@@H](CC(=O)N1CCC[C@H]1[C@H](OC)[C@@H](C)C(=O)N[C@@H](Cc1ccccc1)C(=O)OC)OC)N(C)C(=O)[C@@H](CC(=O)[C@H](C(C)C)N(C)CCCC(=O)OC(C)(C)C)C(C)C.CC[C@H](C)[C@@H]([C@@H](CC(=O)N1CCC[C@H]1[C@H](OC)[C@@H](C)C(=O)N[C@@H](Cc1ccccc1)C(=O)OC)OC)N(C)C(=O)[C@@H](N)C(C)C.